The number of ether oxygens (including phenoxy) is 4. The van der Waals surface area contributed by atoms with Crippen LogP contribution in [0.2, 0.25) is 0 Å². The van der Waals surface area contributed by atoms with Gasteiger partial charge in [-0.25, -0.2) is 0 Å². The Labute approximate surface area is 154 Å². The van der Waals surface area contributed by atoms with Crippen molar-refractivity contribution < 1.29 is 23.7 Å². The Kier molecular flexibility index (Phi) is 4.80. The van der Waals surface area contributed by atoms with Crippen LogP contribution in [-0.4, -0.2) is 55.1 Å². The van der Waals surface area contributed by atoms with Gasteiger partial charge >= 0.3 is 0 Å². The van der Waals surface area contributed by atoms with Gasteiger partial charge in [0.05, 0.1) is 19.3 Å². The largest absolute Gasteiger partial charge is 0.483 e. The molecule has 2 saturated heterocycles. The number of fused-ring (bicyclic) bond motifs is 1. The first-order valence-electron chi connectivity index (χ1n) is 9.50. The highest BCUT2D eigenvalue weighted by atomic mass is 16.7. The number of rotatable bonds is 4. The summed E-state index contributed by atoms with van der Waals surface area (Å²) in [6.07, 6.45) is 3.55. The van der Waals surface area contributed by atoms with Crippen molar-refractivity contribution in [2.75, 3.05) is 26.4 Å². The number of piperidine rings is 1. The minimum Gasteiger partial charge on any atom is -0.483 e. The second-order valence-electron chi connectivity index (χ2n) is 7.83. The standard InChI is InChI=1S/C20H27NO5/c1-20(2)12-14-6-5-8-16(18(14)26-20)25-13-17(22)21-9-4-3-7-15(21)19-23-10-11-24-19/h5-6,8,15,19H,3-4,7,9-13H2,1-2H3. The zero-order valence-electron chi connectivity index (χ0n) is 15.5. The fourth-order valence-electron chi connectivity index (χ4n) is 4.07. The Morgan fingerprint density at radius 1 is 1.27 bits per heavy atom. The summed E-state index contributed by atoms with van der Waals surface area (Å²) in [6.45, 7) is 6.05. The SMILES string of the molecule is CC1(C)Cc2cccc(OCC(=O)N3CCCCC3C3OCCO3)c2O1. The molecule has 0 aromatic heterocycles. The molecule has 0 bridgehead atoms. The second-order valence-corrected chi connectivity index (χ2v) is 7.83. The lowest BCUT2D eigenvalue weighted by molar-refractivity contribution is -0.152. The Hall–Kier alpha value is -1.79. The average Bonchev–Trinajstić information content (AvgIpc) is 3.26. The number of likely N-dealkylation sites (tertiary alicyclic amines) is 1. The molecule has 3 heterocycles. The summed E-state index contributed by atoms with van der Waals surface area (Å²) < 4.78 is 23.2. The lowest BCUT2D eigenvalue weighted by atomic mass is 10.0. The van der Waals surface area contributed by atoms with E-state index in [9.17, 15) is 4.79 Å². The van der Waals surface area contributed by atoms with Crippen molar-refractivity contribution in [3.63, 3.8) is 0 Å². The van der Waals surface area contributed by atoms with Gasteiger partial charge in [-0.2, -0.15) is 0 Å². The van der Waals surface area contributed by atoms with Gasteiger partial charge in [-0.05, 0) is 39.2 Å². The van der Waals surface area contributed by atoms with Gasteiger partial charge in [0.2, 0.25) is 0 Å². The summed E-state index contributed by atoms with van der Waals surface area (Å²) in [5.41, 5.74) is 0.893. The van der Waals surface area contributed by atoms with Crippen LogP contribution < -0.4 is 9.47 Å². The van der Waals surface area contributed by atoms with E-state index in [4.69, 9.17) is 18.9 Å². The zero-order valence-corrected chi connectivity index (χ0v) is 15.5. The summed E-state index contributed by atoms with van der Waals surface area (Å²) in [6, 6.07) is 5.85. The van der Waals surface area contributed by atoms with Crippen molar-refractivity contribution in [2.24, 2.45) is 0 Å². The van der Waals surface area contributed by atoms with Crippen LogP contribution >= 0.6 is 0 Å². The average molecular weight is 361 g/mol. The van der Waals surface area contributed by atoms with Gasteiger partial charge in [0, 0.05) is 18.5 Å². The molecule has 3 aliphatic rings. The molecule has 4 rings (SSSR count). The molecular formula is C20H27NO5. The van der Waals surface area contributed by atoms with E-state index < -0.39 is 0 Å². The molecule has 0 spiro atoms. The number of hydrogen-bond donors (Lipinski definition) is 0. The number of hydrogen-bond acceptors (Lipinski definition) is 5. The molecule has 3 aliphatic heterocycles. The van der Waals surface area contributed by atoms with Gasteiger partial charge in [0.25, 0.3) is 5.91 Å². The second kappa shape index (κ2) is 7.08. The van der Waals surface area contributed by atoms with E-state index in [1.807, 2.05) is 23.1 Å². The van der Waals surface area contributed by atoms with Crippen LogP contribution in [0, 0.1) is 0 Å². The number of para-hydroxylation sites is 1. The van der Waals surface area contributed by atoms with E-state index in [1.54, 1.807) is 0 Å². The minimum atomic E-state index is -0.302. The molecule has 26 heavy (non-hydrogen) atoms. The third-order valence-electron chi connectivity index (χ3n) is 5.24. The molecule has 0 N–H and O–H groups in total. The Morgan fingerprint density at radius 3 is 2.88 bits per heavy atom. The van der Waals surface area contributed by atoms with Gasteiger partial charge in [-0.3, -0.25) is 4.79 Å². The summed E-state index contributed by atoms with van der Waals surface area (Å²) in [4.78, 5) is 14.7. The maximum absolute atomic E-state index is 12.8. The van der Waals surface area contributed by atoms with Crippen molar-refractivity contribution in [1.29, 1.82) is 0 Å². The molecule has 2 fully saturated rings. The van der Waals surface area contributed by atoms with E-state index in [-0.39, 0.29) is 30.4 Å². The molecule has 142 valence electrons. The summed E-state index contributed by atoms with van der Waals surface area (Å²) in [5.74, 6) is 1.38. The van der Waals surface area contributed by atoms with Crippen LogP contribution in [0.5, 0.6) is 11.5 Å². The van der Waals surface area contributed by atoms with Crippen LogP contribution in [0.4, 0.5) is 0 Å². The van der Waals surface area contributed by atoms with E-state index >= 15 is 0 Å². The normalized spacial score (nSPS) is 25.0. The van der Waals surface area contributed by atoms with Gasteiger partial charge in [-0.15, -0.1) is 0 Å². The molecule has 1 unspecified atom stereocenters. The first kappa shape index (κ1) is 17.6. The lowest BCUT2D eigenvalue weighted by Crippen LogP contribution is -2.51. The Bertz CT molecular complexity index is 668. The van der Waals surface area contributed by atoms with Crippen LogP contribution in [0.25, 0.3) is 0 Å². The van der Waals surface area contributed by atoms with E-state index in [2.05, 4.69) is 13.8 Å². The maximum atomic E-state index is 12.8. The summed E-state index contributed by atoms with van der Waals surface area (Å²) in [7, 11) is 0. The quantitative estimate of drug-likeness (QED) is 0.825. The fraction of sp³-hybridized carbons (Fsp3) is 0.650. The van der Waals surface area contributed by atoms with Crippen molar-refractivity contribution in [2.45, 2.75) is 57.5 Å². The third kappa shape index (κ3) is 3.53. The van der Waals surface area contributed by atoms with Crippen molar-refractivity contribution in [1.82, 2.24) is 4.90 Å². The molecule has 6 nitrogen and oxygen atoms in total. The molecule has 0 aliphatic carbocycles. The zero-order chi connectivity index (χ0) is 18.1. The molecule has 1 atom stereocenters. The molecule has 0 saturated carbocycles. The molecule has 0 radical (unpaired) electrons. The highest BCUT2D eigenvalue weighted by Crippen LogP contribution is 2.41. The van der Waals surface area contributed by atoms with Crippen molar-refractivity contribution in [3.05, 3.63) is 23.8 Å². The van der Waals surface area contributed by atoms with Crippen molar-refractivity contribution >= 4 is 5.91 Å². The van der Waals surface area contributed by atoms with Crippen molar-refractivity contribution in [3.8, 4) is 11.5 Å². The maximum Gasteiger partial charge on any atom is 0.260 e. The summed E-state index contributed by atoms with van der Waals surface area (Å²) in [5, 5.41) is 0. The smallest absolute Gasteiger partial charge is 0.260 e. The van der Waals surface area contributed by atoms with E-state index in [0.29, 0.717) is 19.0 Å². The first-order chi connectivity index (χ1) is 12.5. The molecule has 1 amide bonds. The first-order valence-corrected chi connectivity index (χ1v) is 9.50. The number of nitrogens with zero attached hydrogens (tertiary/aromatic N) is 1. The topological polar surface area (TPSA) is 57.2 Å². The number of carbonyl (C=O) groups is 1. The van der Waals surface area contributed by atoms with Crippen LogP contribution in [-0.2, 0) is 20.7 Å². The Morgan fingerprint density at radius 2 is 2.08 bits per heavy atom. The third-order valence-corrected chi connectivity index (χ3v) is 5.24. The highest BCUT2D eigenvalue weighted by Gasteiger charge is 2.37. The predicted molar refractivity (Wildman–Crippen MR) is 95.4 cm³/mol. The van der Waals surface area contributed by atoms with Gasteiger partial charge < -0.3 is 23.8 Å². The minimum absolute atomic E-state index is 0.00343. The lowest BCUT2D eigenvalue weighted by Gasteiger charge is -2.37. The molecular weight excluding hydrogens is 334 g/mol. The van der Waals surface area contributed by atoms with Gasteiger partial charge in [-0.1, -0.05) is 12.1 Å². The van der Waals surface area contributed by atoms with Gasteiger partial charge in [0.15, 0.2) is 24.4 Å². The van der Waals surface area contributed by atoms with Gasteiger partial charge in [0.1, 0.15) is 5.60 Å². The Balaban J connectivity index is 1.42. The van der Waals surface area contributed by atoms with Crippen LogP contribution in [0.15, 0.2) is 18.2 Å². The highest BCUT2D eigenvalue weighted by molar-refractivity contribution is 5.78. The van der Waals surface area contributed by atoms with Crippen LogP contribution in [0.3, 0.4) is 0 Å². The molecule has 6 heteroatoms. The fourth-order valence-corrected chi connectivity index (χ4v) is 4.07. The van der Waals surface area contributed by atoms with E-state index in [0.717, 1.165) is 43.5 Å². The number of benzene rings is 1. The predicted octanol–water partition coefficient (Wildman–Crippen LogP) is 2.53. The summed E-state index contributed by atoms with van der Waals surface area (Å²) >= 11 is 0. The van der Waals surface area contributed by atoms with E-state index in [1.165, 1.54) is 0 Å². The number of carbonyl (C=O) groups excluding carboxylic acids is 1. The monoisotopic (exact) mass is 361 g/mol. The van der Waals surface area contributed by atoms with Crippen LogP contribution in [0.1, 0.15) is 38.7 Å². The molecule has 1 aromatic carbocycles. The molecule has 1 aromatic rings. The number of amides is 1.